The number of aliphatic hydroxyl groups is 1. The lowest BCUT2D eigenvalue weighted by molar-refractivity contribution is -0.173. The molecule has 4 atom stereocenters. The lowest BCUT2D eigenvalue weighted by Gasteiger charge is -2.23. The van der Waals surface area contributed by atoms with Crippen molar-refractivity contribution in [2.75, 3.05) is 6.61 Å². The van der Waals surface area contributed by atoms with Crippen LogP contribution in [0.2, 0.25) is 0 Å². The first-order valence-electron chi connectivity index (χ1n) is 4.84. The maximum atomic E-state index is 11.1. The van der Waals surface area contributed by atoms with Crippen molar-refractivity contribution in [1.29, 1.82) is 0 Å². The maximum absolute atomic E-state index is 11.1. The molecule has 0 bridgehead atoms. The second-order valence-electron chi connectivity index (χ2n) is 3.82. The zero-order chi connectivity index (χ0) is 10.1. The van der Waals surface area contributed by atoms with Gasteiger partial charge >= 0.3 is 0 Å². The smallest absolute Gasteiger partial charge is 0.186 e. The van der Waals surface area contributed by atoms with Crippen molar-refractivity contribution in [1.82, 2.24) is 0 Å². The Kier molecular flexibility index (Phi) is 2.67. The summed E-state index contributed by atoms with van der Waals surface area (Å²) in [4.78, 5) is 11.1. The molecular formula is C10H14O4. The summed E-state index contributed by atoms with van der Waals surface area (Å²) in [6.07, 6.45) is 3.09. The van der Waals surface area contributed by atoms with Gasteiger partial charge in [-0.25, -0.2) is 0 Å². The average Bonchev–Trinajstić information content (AvgIpc) is 2.85. The Balaban J connectivity index is 1.88. The van der Waals surface area contributed by atoms with Crippen LogP contribution < -0.4 is 0 Å². The molecule has 4 nitrogen and oxygen atoms in total. The molecule has 78 valence electrons. The van der Waals surface area contributed by atoms with Crippen molar-refractivity contribution in [3.05, 3.63) is 12.2 Å². The SMILES string of the molecule is CC1CC1O[C@@H]1C=CC(=O)[C@@H](CO)O1. The number of hydrogen-bond donors (Lipinski definition) is 1. The monoisotopic (exact) mass is 198 g/mol. The van der Waals surface area contributed by atoms with Gasteiger partial charge < -0.3 is 14.6 Å². The zero-order valence-electron chi connectivity index (χ0n) is 8.05. The molecular weight excluding hydrogens is 184 g/mol. The summed E-state index contributed by atoms with van der Waals surface area (Å²) in [6.45, 7) is 1.81. The average molecular weight is 198 g/mol. The summed E-state index contributed by atoms with van der Waals surface area (Å²) in [5.74, 6) is 0.383. The van der Waals surface area contributed by atoms with E-state index in [1.54, 1.807) is 6.08 Å². The molecule has 1 aliphatic heterocycles. The Morgan fingerprint density at radius 2 is 2.43 bits per heavy atom. The van der Waals surface area contributed by atoms with Crippen LogP contribution in [0, 0.1) is 5.92 Å². The standard InChI is InChI=1S/C10H14O4/c1-6-4-8(6)13-10-3-2-7(12)9(5-11)14-10/h2-3,6,8-11H,4-5H2,1H3/t6?,8?,9-,10+/m1/s1. The number of carbonyl (C=O) groups excluding carboxylic acids is 1. The molecule has 14 heavy (non-hydrogen) atoms. The van der Waals surface area contributed by atoms with Gasteiger partial charge in [0.2, 0.25) is 0 Å². The number of hydrogen-bond acceptors (Lipinski definition) is 4. The molecule has 0 spiro atoms. The molecule has 0 aromatic rings. The van der Waals surface area contributed by atoms with Crippen LogP contribution in [-0.4, -0.2) is 36.0 Å². The first-order chi connectivity index (χ1) is 6.70. The van der Waals surface area contributed by atoms with Gasteiger partial charge in [0.1, 0.15) is 6.10 Å². The van der Waals surface area contributed by atoms with Gasteiger partial charge in [-0.15, -0.1) is 0 Å². The van der Waals surface area contributed by atoms with Crippen LogP contribution in [0.4, 0.5) is 0 Å². The molecule has 2 aliphatic rings. The van der Waals surface area contributed by atoms with E-state index in [1.165, 1.54) is 6.08 Å². The molecule has 1 aliphatic carbocycles. The van der Waals surface area contributed by atoms with E-state index in [0.717, 1.165) is 6.42 Å². The molecule has 0 amide bonds. The fraction of sp³-hybridized carbons (Fsp3) is 0.700. The minimum absolute atomic E-state index is 0.198. The predicted molar refractivity (Wildman–Crippen MR) is 48.5 cm³/mol. The number of rotatable bonds is 3. The van der Waals surface area contributed by atoms with Crippen molar-refractivity contribution in [2.24, 2.45) is 5.92 Å². The Hall–Kier alpha value is -0.710. The van der Waals surface area contributed by atoms with Crippen molar-refractivity contribution in [2.45, 2.75) is 31.8 Å². The summed E-state index contributed by atoms with van der Waals surface area (Å²) >= 11 is 0. The van der Waals surface area contributed by atoms with E-state index in [4.69, 9.17) is 14.6 Å². The molecule has 1 fully saturated rings. The van der Waals surface area contributed by atoms with Crippen LogP contribution in [-0.2, 0) is 14.3 Å². The quantitative estimate of drug-likeness (QED) is 0.706. The number of aliphatic hydroxyl groups excluding tert-OH is 1. The molecule has 1 saturated carbocycles. The van der Waals surface area contributed by atoms with Crippen molar-refractivity contribution in [3.8, 4) is 0 Å². The van der Waals surface area contributed by atoms with Gasteiger partial charge in [0.05, 0.1) is 12.7 Å². The molecule has 0 aromatic carbocycles. The van der Waals surface area contributed by atoms with E-state index in [9.17, 15) is 4.79 Å². The Morgan fingerprint density at radius 1 is 1.71 bits per heavy atom. The molecule has 1 heterocycles. The zero-order valence-corrected chi connectivity index (χ0v) is 8.05. The van der Waals surface area contributed by atoms with Gasteiger partial charge in [0.25, 0.3) is 0 Å². The van der Waals surface area contributed by atoms with E-state index >= 15 is 0 Å². The highest BCUT2D eigenvalue weighted by Crippen LogP contribution is 2.34. The Bertz CT molecular complexity index is 261. The highest BCUT2D eigenvalue weighted by molar-refractivity contribution is 5.94. The highest BCUT2D eigenvalue weighted by atomic mass is 16.7. The molecule has 0 radical (unpaired) electrons. The van der Waals surface area contributed by atoms with Gasteiger partial charge in [0.15, 0.2) is 12.1 Å². The number of ketones is 1. The summed E-state index contributed by atoms with van der Waals surface area (Å²) in [7, 11) is 0. The van der Waals surface area contributed by atoms with E-state index in [-0.39, 0.29) is 18.5 Å². The van der Waals surface area contributed by atoms with Crippen LogP contribution >= 0.6 is 0 Å². The number of ether oxygens (including phenoxy) is 2. The molecule has 2 unspecified atom stereocenters. The van der Waals surface area contributed by atoms with E-state index < -0.39 is 12.4 Å². The van der Waals surface area contributed by atoms with Crippen LogP contribution in [0.1, 0.15) is 13.3 Å². The molecule has 1 N–H and O–H groups in total. The Labute approximate surface area is 82.5 Å². The third kappa shape index (κ3) is 2.03. The van der Waals surface area contributed by atoms with Gasteiger partial charge in [-0.3, -0.25) is 4.79 Å². The lowest BCUT2D eigenvalue weighted by Crippen LogP contribution is -2.36. The highest BCUT2D eigenvalue weighted by Gasteiger charge is 2.37. The summed E-state index contributed by atoms with van der Waals surface area (Å²) < 4.78 is 10.8. The van der Waals surface area contributed by atoms with E-state index in [0.29, 0.717) is 5.92 Å². The summed E-state index contributed by atoms with van der Waals surface area (Å²) in [6, 6.07) is 0. The third-order valence-corrected chi connectivity index (χ3v) is 2.54. The van der Waals surface area contributed by atoms with Crippen molar-refractivity contribution < 1.29 is 19.4 Å². The van der Waals surface area contributed by atoms with Gasteiger partial charge in [-0.05, 0) is 24.5 Å². The number of carbonyl (C=O) groups is 1. The fourth-order valence-electron chi connectivity index (χ4n) is 1.42. The molecule has 0 saturated heterocycles. The third-order valence-electron chi connectivity index (χ3n) is 2.54. The fourth-order valence-corrected chi connectivity index (χ4v) is 1.42. The van der Waals surface area contributed by atoms with Gasteiger partial charge in [-0.2, -0.15) is 0 Å². The first kappa shape index (κ1) is 9.83. The van der Waals surface area contributed by atoms with Crippen LogP contribution in [0.3, 0.4) is 0 Å². The van der Waals surface area contributed by atoms with Crippen LogP contribution in [0.5, 0.6) is 0 Å². The second kappa shape index (κ2) is 3.81. The van der Waals surface area contributed by atoms with Gasteiger partial charge in [-0.1, -0.05) is 6.92 Å². The molecule has 0 aromatic heterocycles. The second-order valence-corrected chi connectivity index (χ2v) is 3.82. The van der Waals surface area contributed by atoms with Crippen LogP contribution in [0.25, 0.3) is 0 Å². The minimum Gasteiger partial charge on any atom is -0.393 e. The Morgan fingerprint density at radius 3 is 3.00 bits per heavy atom. The van der Waals surface area contributed by atoms with E-state index in [2.05, 4.69) is 6.92 Å². The topological polar surface area (TPSA) is 55.8 Å². The predicted octanol–water partition coefficient (Wildman–Crippen LogP) is 0.254. The van der Waals surface area contributed by atoms with Crippen molar-refractivity contribution in [3.63, 3.8) is 0 Å². The summed E-state index contributed by atoms with van der Waals surface area (Å²) in [5, 5.41) is 8.85. The van der Waals surface area contributed by atoms with Gasteiger partial charge in [0, 0.05) is 0 Å². The normalized spacial score (nSPS) is 41.4. The van der Waals surface area contributed by atoms with Crippen molar-refractivity contribution >= 4 is 5.78 Å². The molecule has 2 rings (SSSR count). The lowest BCUT2D eigenvalue weighted by atomic mass is 10.2. The van der Waals surface area contributed by atoms with Crippen LogP contribution in [0.15, 0.2) is 12.2 Å². The summed E-state index contributed by atoms with van der Waals surface area (Å²) in [5.41, 5.74) is 0. The first-order valence-corrected chi connectivity index (χ1v) is 4.84. The largest absolute Gasteiger partial charge is 0.393 e. The molecule has 4 heteroatoms. The van der Waals surface area contributed by atoms with E-state index in [1.807, 2.05) is 0 Å². The maximum Gasteiger partial charge on any atom is 0.186 e. The minimum atomic E-state index is -0.751.